The van der Waals surface area contributed by atoms with Gasteiger partial charge >= 0.3 is 0 Å². The maximum atomic E-state index is 11.2. The first-order chi connectivity index (χ1) is 7.17. The van der Waals surface area contributed by atoms with E-state index in [1.807, 2.05) is 31.2 Å². The number of carbonyl (C=O) groups is 1. The van der Waals surface area contributed by atoms with Crippen LogP contribution in [0.15, 0.2) is 24.3 Å². The van der Waals surface area contributed by atoms with Crippen molar-refractivity contribution in [2.24, 2.45) is 5.92 Å². The number of hydrogen-bond donors (Lipinski definition) is 0. The Morgan fingerprint density at radius 2 is 2.07 bits per heavy atom. The Hall–Kier alpha value is -1.75. The lowest BCUT2D eigenvalue weighted by Gasteiger charge is -2.07. The van der Waals surface area contributed by atoms with Crippen LogP contribution in [0.5, 0.6) is 5.75 Å². The molecule has 0 spiro atoms. The van der Waals surface area contributed by atoms with Crippen LogP contribution < -0.4 is 4.74 Å². The van der Waals surface area contributed by atoms with Crippen LogP contribution in [0.3, 0.4) is 0 Å². The molecule has 0 N–H and O–H groups in total. The van der Waals surface area contributed by atoms with Gasteiger partial charge in [-0.25, -0.2) is 0 Å². The average Bonchev–Trinajstić information content (AvgIpc) is 2.29. The highest BCUT2D eigenvalue weighted by molar-refractivity contribution is 5.96. The molecule has 0 aliphatic carbocycles. The number of carbonyl (C=O) groups excluding carboxylic acids is 1. The molecule has 0 radical (unpaired) electrons. The molecule has 1 rings (SSSR count). The second-order valence-corrected chi connectivity index (χ2v) is 3.46. The quantitative estimate of drug-likeness (QED) is 0.552. The summed E-state index contributed by atoms with van der Waals surface area (Å²) in [6, 6.07) is 7.64. The molecule has 0 saturated heterocycles. The number of methoxy groups -OCH3 is 1. The predicted octanol–water partition coefficient (Wildman–Crippen LogP) is 2.08. The average molecular weight is 202 g/mol. The van der Waals surface area contributed by atoms with Gasteiger partial charge in [-0.15, -0.1) is 6.42 Å². The largest absolute Gasteiger partial charge is 0.497 e. The van der Waals surface area contributed by atoms with Gasteiger partial charge in [-0.05, 0) is 30.0 Å². The Balaban J connectivity index is 2.66. The molecule has 0 fully saturated rings. The van der Waals surface area contributed by atoms with Crippen LogP contribution in [-0.4, -0.2) is 12.9 Å². The minimum Gasteiger partial charge on any atom is -0.497 e. The SMILES string of the molecule is C#CC(=O)[C@@H](C)Cc1ccc(OC)cc1. The molecule has 0 saturated carbocycles. The minimum absolute atomic E-state index is 0.122. The van der Waals surface area contributed by atoms with Gasteiger partial charge < -0.3 is 4.74 Å². The molecule has 2 heteroatoms. The molecule has 2 nitrogen and oxygen atoms in total. The van der Waals surface area contributed by atoms with E-state index in [2.05, 4.69) is 5.92 Å². The third kappa shape index (κ3) is 3.14. The fourth-order valence-electron chi connectivity index (χ4n) is 1.35. The third-order valence-electron chi connectivity index (χ3n) is 2.29. The summed E-state index contributed by atoms with van der Waals surface area (Å²) >= 11 is 0. The maximum absolute atomic E-state index is 11.2. The molecule has 0 aromatic heterocycles. The first-order valence-electron chi connectivity index (χ1n) is 4.80. The second kappa shape index (κ2) is 5.21. The number of Topliss-reactive ketones (excluding diaryl/α,β-unsaturated/α-hetero) is 1. The van der Waals surface area contributed by atoms with Crippen LogP contribution >= 0.6 is 0 Å². The van der Waals surface area contributed by atoms with Crippen molar-refractivity contribution in [3.63, 3.8) is 0 Å². The summed E-state index contributed by atoms with van der Waals surface area (Å²) in [4.78, 5) is 11.2. The van der Waals surface area contributed by atoms with Gasteiger partial charge in [-0.3, -0.25) is 4.79 Å². The minimum atomic E-state index is -0.147. The predicted molar refractivity (Wildman–Crippen MR) is 59.7 cm³/mol. The fourth-order valence-corrected chi connectivity index (χ4v) is 1.35. The summed E-state index contributed by atoms with van der Waals surface area (Å²) in [5.41, 5.74) is 1.09. The van der Waals surface area contributed by atoms with Crippen LogP contribution in [0.1, 0.15) is 12.5 Å². The first-order valence-corrected chi connectivity index (χ1v) is 4.80. The van der Waals surface area contributed by atoms with Gasteiger partial charge in [0.2, 0.25) is 5.78 Å². The van der Waals surface area contributed by atoms with Crippen molar-refractivity contribution in [2.75, 3.05) is 7.11 Å². The van der Waals surface area contributed by atoms with E-state index >= 15 is 0 Å². The number of hydrogen-bond acceptors (Lipinski definition) is 2. The topological polar surface area (TPSA) is 26.3 Å². The molecule has 0 amide bonds. The van der Waals surface area contributed by atoms with Crippen molar-refractivity contribution in [2.45, 2.75) is 13.3 Å². The Bertz CT molecular complexity index is 371. The summed E-state index contributed by atoms with van der Waals surface area (Å²) in [5.74, 6) is 2.69. The second-order valence-electron chi connectivity index (χ2n) is 3.46. The molecule has 78 valence electrons. The molecule has 0 aliphatic rings. The Kier molecular flexibility index (Phi) is 3.93. The van der Waals surface area contributed by atoms with Crippen LogP contribution in [-0.2, 0) is 11.2 Å². The third-order valence-corrected chi connectivity index (χ3v) is 2.29. The lowest BCUT2D eigenvalue weighted by Crippen LogP contribution is -2.11. The van der Waals surface area contributed by atoms with Gasteiger partial charge in [0.25, 0.3) is 0 Å². The summed E-state index contributed by atoms with van der Waals surface area (Å²) in [6.07, 6.45) is 5.73. The van der Waals surface area contributed by atoms with E-state index in [9.17, 15) is 4.79 Å². The highest BCUT2D eigenvalue weighted by atomic mass is 16.5. The Morgan fingerprint density at radius 1 is 1.47 bits per heavy atom. The normalized spacial score (nSPS) is 11.5. The van der Waals surface area contributed by atoms with E-state index in [0.29, 0.717) is 6.42 Å². The van der Waals surface area contributed by atoms with Gasteiger partial charge in [0.1, 0.15) is 5.75 Å². The van der Waals surface area contributed by atoms with Crippen LogP contribution in [0, 0.1) is 18.3 Å². The number of terminal acetylenes is 1. The van der Waals surface area contributed by atoms with Crippen molar-refractivity contribution in [1.82, 2.24) is 0 Å². The van der Waals surface area contributed by atoms with Gasteiger partial charge in [0.15, 0.2) is 0 Å². The van der Waals surface area contributed by atoms with E-state index in [1.54, 1.807) is 7.11 Å². The Labute approximate surface area is 90.3 Å². The van der Waals surface area contributed by atoms with Crippen molar-refractivity contribution >= 4 is 5.78 Å². The van der Waals surface area contributed by atoms with Crippen molar-refractivity contribution in [3.05, 3.63) is 29.8 Å². The van der Waals surface area contributed by atoms with Crippen molar-refractivity contribution < 1.29 is 9.53 Å². The van der Waals surface area contributed by atoms with Crippen LogP contribution in [0.2, 0.25) is 0 Å². The zero-order valence-electron chi connectivity index (χ0n) is 8.99. The number of benzene rings is 1. The van der Waals surface area contributed by atoms with Gasteiger partial charge in [0.05, 0.1) is 7.11 Å². The zero-order chi connectivity index (χ0) is 11.3. The molecule has 1 atom stereocenters. The summed E-state index contributed by atoms with van der Waals surface area (Å²) in [7, 11) is 1.62. The monoisotopic (exact) mass is 202 g/mol. The smallest absolute Gasteiger partial charge is 0.208 e. The number of rotatable bonds is 4. The van der Waals surface area contributed by atoms with E-state index in [4.69, 9.17) is 11.2 Å². The molecule has 0 heterocycles. The molecule has 1 aromatic carbocycles. The summed E-state index contributed by atoms with van der Waals surface area (Å²) < 4.78 is 5.04. The lowest BCUT2D eigenvalue weighted by molar-refractivity contribution is -0.116. The van der Waals surface area contributed by atoms with E-state index < -0.39 is 0 Å². The highest BCUT2D eigenvalue weighted by Gasteiger charge is 2.10. The van der Waals surface area contributed by atoms with E-state index in [0.717, 1.165) is 11.3 Å². The molecule has 15 heavy (non-hydrogen) atoms. The van der Waals surface area contributed by atoms with Crippen LogP contribution in [0.25, 0.3) is 0 Å². The highest BCUT2D eigenvalue weighted by Crippen LogP contribution is 2.14. The molecule has 0 aliphatic heterocycles. The van der Waals surface area contributed by atoms with E-state index in [-0.39, 0.29) is 11.7 Å². The molecule has 0 unspecified atom stereocenters. The molecule has 1 aromatic rings. The maximum Gasteiger partial charge on any atom is 0.208 e. The van der Waals surface area contributed by atoms with Gasteiger partial charge in [0, 0.05) is 5.92 Å². The standard InChI is InChI=1S/C13H14O2/c1-4-13(14)10(2)9-11-5-7-12(15-3)8-6-11/h1,5-8,10H,9H2,2-3H3/t10-/m0/s1. The summed E-state index contributed by atoms with van der Waals surface area (Å²) in [6.45, 7) is 1.84. The number of ketones is 1. The first kappa shape index (κ1) is 11.3. The molecular formula is C13H14O2. The van der Waals surface area contributed by atoms with Crippen molar-refractivity contribution in [3.8, 4) is 18.1 Å². The van der Waals surface area contributed by atoms with Gasteiger partial charge in [-0.2, -0.15) is 0 Å². The Morgan fingerprint density at radius 3 is 2.53 bits per heavy atom. The molecular weight excluding hydrogens is 188 g/mol. The summed E-state index contributed by atoms with van der Waals surface area (Å²) in [5, 5.41) is 0. The molecule has 0 bridgehead atoms. The van der Waals surface area contributed by atoms with E-state index in [1.165, 1.54) is 0 Å². The van der Waals surface area contributed by atoms with Gasteiger partial charge in [-0.1, -0.05) is 19.1 Å². The lowest BCUT2D eigenvalue weighted by atomic mass is 9.97. The zero-order valence-corrected chi connectivity index (χ0v) is 8.99. The fraction of sp³-hybridized carbons (Fsp3) is 0.308. The van der Waals surface area contributed by atoms with Crippen LogP contribution in [0.4, 0.5) is 0 Å². The number of ether oxygens (including phenoxy) is 1. The van der Waals surface area contributed by atoms with Crippen molar-refractivity contribution in [1.29, 1.82) is 0 Å².